The van der Waals surface area contributed by atoms with Gasteiger partial charge in [0.25, 0.3) is 0 Å². The van der Waals surface area contributed by atoms with Gasteiger partial charge in [-0.15, -0.1) is 0 Å². The zero-order valence-electron chi connectivity index (χ0n) is 13.8. The van der Waals surface area contributed by atoms with Crippen LogP contribution in [0.2, 0.25) is 0 Å². The topological polar surface area (TPSA) is 38.7 Å². The first-order chi connectivity index (χ1) is 9.39. The highest BCUT2D eigenvalue weighted by atomic mass is 16.3. The minimum Gasteiger partial charge on any atom is -0.394 e. The molecule has 2 fully saturated rings. The van der Waals surface area contributed by atoms with Crippen LogP contribution in [0, 0.1) is 0 Å². The number of rotatable bonds is 9. The lowest BCUT2D eigenvalue weighted by Gasteiger charge is -2.49. The summed E-state index contributed by atoms with van der Waals surface area (Å²) in [5.41, 5.74) is 0.286. The van der Waals surface area contributed by atoms with Crippen LogP contribution < -0.4 is 5.32 Å². The summed E-state index contributed by atoms with van der Waals surface area (Å²) >= 11 is 0. The maximum atomic E-state index is 9.66. The van der Waals surface area contributed by atoms with E-state index in [-0.39, 0.29) is 12.1 Å². The molecule has 0 heterocycles. The van der Waals surface area contributed by atoms with E-state index in [2.05, 4.69) is 43.2 Å². The summed E-state index contributed by atoms with van der Waals surface area (Å²) in [5, 5.41) is 13.3. The number of hydrogen-bond donors (Lipinski definition) is 2. The molecule has 2 aliphatic rings. The van der Waals surface area contributed by atoms with Crippen LogP contribution in [-0.4, -0.2) is 72.9 Å². The second-order valence-corrected chi connectivity index (χ2v) is 7.60. The Balaban J connectivity index is 1.77. The van der Waals surface area contributed by atoms with Gasteiger partial charge in [-0.2, -0.15) is 0 Å². The van der Waals surface area contributed by atoms with Crippen LogP contribution in [0.15, 0.2) is 0 Å². The van der Waals surface area contributed by atoms with Gasteiger partial charge >= 0.3 is 0 Å². The van der Waals surface area contributed by atoms with Crippen molar-refractivity contribution in [3.8, 4) is 0 Å². The van der Waals surface area contributed by atoms with Crippen molar-refractivity contribution in [1.29, 1.82) is 0 Å². The number of nitrogens with zero attached hydrogens (tertiary/aromatic N) is 2. The van der Waals surface area contributed by atoms with Gasteiger partial charge in [-0.05, 0) is 73.1 Å². The highest BCUT2D eigenvalue weighted by Crippen LogP contribution is 2.36. The van der Waals surface area contributed by atoms with Gasteiger partial charge in [0, 0.05) is 23.7 Å². The van der Waals surface area contributed by atoms with Crippen molar-refractivity contribution >= 4 is 0 Å². The second kappa shape index (κ2) is 6.30. The smallest absolute Gasteiger partial charge is 0.0611 e. The fraction of sp³-hybridized carbons (Fsp3) is 1.00. The van der Waals surface area contributed by atoms with E-state index in [1.165, 1.54) is 32.1 Å². The molecule has 0 aliphatic heterocycles. The van der Waals surface area contributed by atoms with Gasteiger partial charge in [0.2, 0.25) is 0 Å². The van der Waals surface area contributed by atoms with E-state index in [0.29, 0.717) is 11.6 Å². The van der Waals surface area contributed by atoms with E-state index in [4.69, 9.17) is 0 Å². The molecule has 0 amide bonds. The first kappa shape index (κ1) is 16.2. The lowest BCUT2D eigenvalue weighted by atomic mass is 9.75. The predicted molar refractivity (Wildman–Crippen MR) is 84.0 cm³/mol. The fourth-order valence-corrected chi connectivity index (χ4v) is 3.27. The first-order valence-corrected chi connectivity index (χ1v) is 8.14. The standard InChI is InChI=1S/C16H33N3O/c1-15(13-20,17-14-6-7-14)10-11-19(4)12-16(18(2)3)8-5-9-16/h14,17,20H,5-13H2,1-4H3. The van der Waals surface area contributed by atoms with Crippen molar-refractivity contribution in [3.05, 3.63) is 0 Å². The van der Waals surface area contributed by atoms with E-state index in [1.807, 2.05) is 0 Å². The van der Waals surface area contributed by atoms with Gasteiger partial charge in [0.05, 0.1) is 6.61 Å². The van der Waals surface area contributed by atoms with Crippen LogP contribution in [0.4, 0.5) is 0 Å². The van der Waals surface area contributed by atoms with Crippen molar-refractivity contribution in [1.82, 2.24) is 15.1 Å². The molecule has 2 saturated carbocycles. The summed E-state index contributed by atoms with van der Waals surface area (Å²) in [6.07, 6.45) is 7.57. The Kier molecular flexibility index (Phi) is 5.11. The highest BCUT2D eigenvalue weighted by Gasteiger charge is 2.40. The van der Waals surface area contributed by atoms with Crippen LogP contribution >= 0.6 is 0 Å². The summed E-state index contributed by atoms with van der Waals surface area (Å²) in [6, 6.07) is 0.650. The fourth-order valence-electron chi connectivity index (χ4n) is 3.27. The third-order valence-corrected chi connectivity index (χ3v) is 5.32. The SMILES string of the molecule is CN(CCC(C)(CO)NC1CC1)CC1(N(C)C)CCC1. The third kappa shape index (κ3) is 3.94. The van der Waals surface area contributed by atoms with Gasteiger partial charge in [-0.1, -0.05) is 0 Å². The molecule has 2 N–H and O–H groups in total. The van der Waals surface area contributed by atoms with Crippen molar-refractivity contribution in [2.45, 2.75) is 62.6 Å². The number of nitrogens with one attached hydrogen (secondary N) is 1. The largest absolute Gasteiger partial charge is 0.394 e. The molecule has 0 saturated heterocycles. The predicted octanol–water partition coefficient (Wildman–Crippen LogP) is 1.30. The van der Waals surface area contributed by atoms with E-state index in [9.17, 15) is 5.11 Å². The van der Waals surface area contributed by atoms with Crippen molar-refractivity contribution in [2.75, 3.05) is 40.8 Å². The quantitative estimate of drug-likeness (QED) is 0.669. The summed E-state index contributed by atoms with van der Waals surface area (Å²) in [4.78, 5) is 4.85. The maximum Gasteiger partial charge on any atom is 0.0611 e. The lowest BCUT2D eigenvalue weighted by Crippen LogP contribution is -2.57. The molecule has 118 valence electrons. The molecule has 4 heteroatoms. The van der Waals surface area contributed by atoms with Crippen LogP contribution in [0.1, 0.15) is 45.4 Å². The number of hydrogen-bond acceptors (Lipinski definition) is 4. The molecular weight excluding hydrogens is 250 g/mol. The van der Waals surface area contributed by atoms with E-state index >= 15 is 0 Å². The number of aliphatic hydroxyl groups excluding tert-OH is 1. The zero-order valence-corrected chi connectivity index (χ0v) is 13.8. The average molecular weight is 283 g/mol. The van der Waals surface area contributed by atoms with Crippen LogP contribution in [0.5, 0.6) is 0 Å². The zero-order chi connectivity index (χ0) is 14.8. The normalized spacial score (nSPS) is 24.8. The van der Waals surface area contributed by atoms with Crippen molar-refractivity contribution in [2.24, 2.45) is 0 Å². The molecule has 0 aromatic rings. The Morgan fingerprint density at radius 2 is 1.90 bits per heavy atom. The Labute approximate surface area is 124 Å². The molecule has 1 unspecified atom stereocenters. The molecule has 0 aromatic heterocycles. The maximum absolute atomic E-state index is 9.66. The molecular formula is C16H33N3O. The number of likely N-dealkylation sites (N-methyl/N-ethyl adjacent to an activating group) is 2. The average Bonchev–Trinajstić information content (AvgIpc) is 3.14. The Morgan fingerprint density at radius 1 is 1.25 bits per heavy atom. The minimum atomic E-state index is -0.111. The number of aliphatic hydroxyl groups is 1. The Hall–Kier alpha value is -0.160. The molecule has 4 nitrogen and oxygen atoms in total. The Morgan fingerprint density at radius 3 is 2.30 bits per heavy atom. The highest BCUT2D eigenvalue weighted by molar-refractivity contribution is 4.98. The third-order valence-electron chi connectivity index (χ3n) is 5.32. The molecule has 0 spiro atoms. The van der Waals surface area contributed by atoms with Crippen LogP contribution in [0.3, 0.4) is 0 Å². The second-order valence-electron chi connectivity index (χ2n) is 7.60. The monoisotopic (exact) mass is 283 g/mol. The molecule has 1 atom stereocenters. The van der Waals surface area contributed by atoms with Gasteiger partial charge in [0.15, 0.2) is 0 Å². The minimum absolute atomic E-state index is 0.111. The van der Waals surface area contributed by atoms with E-state index < -0.39 is 0 Å². The van der Waals surface area contributed by atoms with E-state index in [1.54, 1.807) is 0 Å². The first-order valence-electron chi connectivity index (χ1n) is 8.14. The molecule has 2 rings (SSSR count). The molecule has 0 radical (unpaired) electrons. The molecule has 2 aliphatic carbocycles. The molecule has 0 aromatic carbocycles. The molecule has 0 bridgehead atoms. The van der Waals surface area contributed by atoms with Crippen LogP contribution in [0.25, 0.3) is 0 Å². The summed E-state index contributed by atoms with van der Waals surface area (Å²) in [7, 11) is 6.64. The Bertz CT molecular complexity index is 313. The van der Waals surface area contributed by atoms with Gasteiger partial charge in [0.1, 0.15) is 0 Å². The van der Waals surface area contributed by atoms with Gasteiger partial charge in [-0.3, -0.25) is 0 Å². The summed E-state index contributed by atoms with van der Waals surface area (Å²) < 4.78 is 0. The summed E-state index contributed by atoms with van der Waals surface area (Å²) in [5.74, 6) is 0. The van der Waals surface area contributed by atoms with Crippen molar-refractivity contribution < 1.29 is 5.11 Å². The molecule has 20 heavy (non-hydrogen) atoms. The van der Waals surface area contributed by atoms with Gasteiger partial charge < -0.3 is 20.2 Å². The van der Waals surface area contributed by atoms with Crippen molar-refractivity contribution in [3.63, 3.8) is 0 Å². The van der Waals surface area contributed by atoms with Crippen LogP contribution in [-0.2, 0) is 0 Å². The van der Waals surface area contributed by atoms with E-state index in [0.717, 1.165) is 19.5 Å². The lowest BCUT2D eigenvalue weighted by molar-refractivity contribution is 0.0244. The summed E-state index contributed by atoms with van der Waals surface area (Å²) in [6.45, 7) is 4.58. The van der Waals surface area contributed by atoms with Gasteiger partial charge in [-0.25, -0.2) is 0 Å².